The van der Waals surface area contributed by atoms with E-state index in [2.05, 4.69) is 0 Å². The Bertz CT molecular complexity index is 628. The highest BCUT2D eigenvalue weighted by Crippen LogP contribution is 2.34. The fourth-order valence-corrected chi connectivity index (χ4v) is 5.38. The summed E-state index contributed by atoms with van der Waals surface area (Å²) in [6.07, 6.45) is 2.61. The van der Waals surface area contributed by atoms with Crippen molar-refractivity contribution in [2.75, 3.05) is 19.8 Å². The van der Waals surface area contributed by atoms with Crippen LogP contribution in [0.25, 0.3) is 0 Å². The second-order valence-corrected chi connectivity index (χ2v) is 8.31. The summed E-state index contributed by atoms with van der Waals surface area (Å²) in [4.78, 5) is 0.341. The lowest BCUT2D eigenvalue weighted by molar-refractivity contribution is -0.0543. The maximum Gasteiger partial charge on any atom is 0.243 e. The van der Waals surface area contributed by atoms with Crippen LogP contribution in [-0.4, -0.2) is 49.7 Å². The summed E-state index contributed by atoms with van der Waals surface area (Å²) < 4.78 is 33.1. The molecular weight excluding hydrogens is 314 g/mol. The molecule has 1 aromatic carbocycles. The van der Waals surface area contributed by atoms with E-state index in [0.717, 1.165) is 24.8 Å². The van der Waals surface area contributed by atoms with Crippen molar-refractivity contribution in [3.63, 3.8) is 0 Å². The van der Waals surface area contributed by atoms with Crippen LogP contribution >= 0.6 is 0 Å². The van der Waals surface area contributed by atoms with Crippen LogP contribution in [0.15, 0.2) is 29.2 Å². The Balaban J connectivity index is 1.85. The summed E-state index contributed by atoms with van der Waals surface area (Å²) in [5, 5.41) is 10.3. The maximum atomic E-state index is 13.0. The third-order valence-corrected chi connectivity index (χ3v) is 6.98. The fourth-order valence-electron chi connectivity index (χ4n) is 3.64. The van der Waals surface area contributed by atoms with Gasteiger partial charge in [0.15, 0.2) is 0 Å². The van der Waals surface area contributed by atoms with Crippen LogP contribution in [0.3, 0.4) is 0 Å². The van der Waals surface area contributed by atoms with E-state index in [-0.39, 0.29) is 12.0 Å². The number of rotatable bonds is 4. The first-order valence-electron chi connectivity index (χ1n) is 8.40. The molecule has 0 bridgehead atoms. The van der Waals surface area contributed by atoms with E-state index in [0.29, 0.717) is 31.1 Å². The predicted molar refractivity (Wildman–Crippen MR) is 87.7 cm³/mol. The standard InChI is InChI=1S/C17H25NO4S/c1-2-13-5-7-14(8-6-13)23(20,21)18-10-3-4-16(18)15-12-22-11-9-17(15)19/h5-8,15-17,19H,2-4,9-12H2,1H3/t15-,16+,17+/m0/s1. The Kier molecular flexibility index (Phi) is 5.06. The number of ether oxygens (including phenoxy) is 1. The molecule has 0 aromatic heterocycles. The molecule has 2 saturated heterocycles. The molecule has 1 aromatic rings. The van der Waals surface area contributed by atoms with Crippen molar-refractivity contribution >= 4 is 10.0 Å². The number of nitrogens with zero attached hydrogens (tertiary/aromatic N) is 1. The van der Waals surface area contributed by atoms with Gasteiger partial charge in [-0.2, -0.15) is 4.31 Å². The molecule has 5 nitrogen and oxygen atoms in total. The summed E-state index contributed by atoms with van der Waals surface area (Å²) >= 11 is 0. The van der Waals surface area contributed by atoms with Crippen molar-refractivity contribution in [2.45, 2.75) is 49.6 Å². The van der Waals surface area contributed by atoms with Crippen molar-refractivity contribution < 1.29 is 18.3 Å². The molecule has 23 heavy (non-hydrogen) atoms. The van der Waals surface area contributed by atoms with Crippen molar-refractivity contribution in [1.29, 1.82) is 0 Å². The number of sulfonamides is 1. The SMILES string of the molecule is CCc1ccc(S(=O)(=O)N2CCC[C@@H]2[C@@H]2COCC[C@H]2O)cc1. The number of hydrogen-bond acceptors (Lipinski definition) is 4. The highest BCUT2D eigenvalue weighted by molar-refractivity contribution is 7.89. The van der Waals surface area contributed by atoms with Gasteiger partial charge < -0.3 is 9.84 Å². The smallest absolute Gasteiger partial charge is 0.243 e. The molecule has 0 aliphatic carbocycles. The molecule has 0 spiro atoms. The van der Waals surface area contributed by atoms with E-state index < -0.39 is 16.1 Å². The fraction of sp³-hybridized carbons (Fsp3) is 0.647. The number of aryl methyl sites for hydroxylation is 1. The average molecular weight is 339 g/mol. The molecule has 2 heterocycles. The Morgan fingerprint density at radius 3 is 2.65 bits per heavy atom. The quantitative estimate of drug-likeness (QED) is 0.908. The van der Waals surface area contributed by atoms with E-state index in [4.69, 9.17) is 4.74 Å². The molecule has 3 atom stereocenters. The second kappa shape index (κ2) is 6.89. The molecule has 0 saturated carbocycles. The molecule has 0 radical (unpaired) electrons. The van der Waals surface area contributed by atoms with Gasteiger partial charge in [0.05, 0.1) is 17.6 Å². The minimum atomic E-state index is -3.52. The molecular formula is C17H25NO4S. The summed E-state index contributed by atoms with van der Waals surface area (Å²) in [7, 11) is -3.52. The number of benzene rings is 1. The van der Waals surface area contributed by atoms with Gasteiger partial charge in [0.25, 0.3) is 0 Å². The lowest BCUT2D eigenvalue weighted by Gasteiger charge is -2.36. The minimum absolute atomic E-state index is 0.129. The minimum Gasteiger partial charge on any atom is -0.393 e. The molecule has 3 rings (SSSR count). The normalized spacial score (nSPS) is 29.7. The van der Waals surface area contributed by atoms with Crippen molar-refractivity contribution in [3.8, 4) is 0 Å². The molecule has 6 heteroatoms. The molecule has 2 aliphatic heterocycles. The van der Waals surface area contributed by atoms with Crippen molar-refractivity contribution in [1.82, 2.24) is 4.31 Å². The van der Waals surface area contributed by atoms with E-state index in [1.807, 2.05) is 19.1 Å². The van der Waals surface area contributed by atoms with Gasteiger partial charge in [0.1, 0.15) is 0 Å². The van der Waals surface area contributed by atoms with Crippen LogP contribution in [0.5, 0.6) is 0 Å². The van der Waals surface area contributed by atoms with Gasteiger partial charge in [-0.05, 0) is 43.4 Å². The first-order valence-corrected chi connectivity index (χ1v) is 9.84. The first kappa shape index (κ1) is 16.9. The Morgan fingerprint density at radius 2 is 2.00 bits per heavy atom. The van der Waals surface area contributed by atoms with Gasteiger partial charge in [-0.3, -0.25) is 0 Å². The van der Waals surface area contributed by atoms with E-state index in [9.17, 15) is 13.5 Å². The maximum absolute atomic E-state index is 13.0. The van der Waals surface area contributed by atoms with Crippen LogP contribution in [0.4, 0.5) is 0 Å². The number of aliphatic hydroxyl groups excluding tert-OH is 1. The third-order valence-electron chi connectivity index (χ3n) is 5.04. The monoisotopic (exact) mass is 339 g/mol. The molecule has 0 unspecified atom stereocenters. The molecule has 128 valence electrons. The number of aliphatic hydroxyl groups is 1. The van der Waals surface area contributed by atoms with E-state index >= 15 is 0 Å². The summed E-state index contributed by atoms with van der Waals surface area (Å²) in [6.45, 7) is 3.55. The highest BCUT2D eigenvalue weighted by atomic mass is 32.2. The second-order valence-electron chi connectivity index (χ2n) is 6.42. The van der Waals surface area contributed by atoms with Crippen LogP contribution in [0.2, 0.25) is 0 Å². The first-order chi connectivity index (χ1) is 11.0. The zero-order valence-electron chi connectivity index (χ0n) is 13.5. The lowest BCUT2D eigenvalue weighted by atomic mass is 9.90. The topological polar surface area (TPSA) is 66.8 Å². The van der Waals surface area contributed by atoms with Gasteiger partial charge in [-0.1, -0.05) is 19.1 Å². The van der Waals surface area contributed by atoms with Crippen molar-refractivity contribution in [3.05, 3.63) is 29.8 Å². The predicted octanol–water partition coefficient (Wildman–Crippen LogP) is 1.80. The van der Waals surface area contributed by atoms with Crippen LogP contribution < -0.4 is 0 Å². The van der Waals surface area contributed by atoms with Gasteiger partial charge in [0.2, 0.25) is 10.0 Å². The highest BCUT2D eigenvalue weighted by Gasteiger charge is 2.42. The summed E-state index contributed by atoms with van der Waals surface area (Å²) in [5.74, 6) is -0.129. The van der Waals surface area contributed by atoms with Gasteiger partial charge in [-0.15, -0.1) is 0 Å². The van der Waals surface area contributed by atoms with Crippen LogP contribution in [0.1, 0.15) is 31.7 Å². The molecule has 0 amide bonds. The Morgan fingerprint density at radius 1 is 1.26 bits per heavy atom. The lowest BCUT2D eigenvalue weighted by Crippen LogP contribution is -2.48. The number of hydrogen-bond donors (Lipinski definition) is 1. The third kappa shape index (κ3) is 3.31. The molecule has 1 N–H and O–H groups in total. The average Bonchev–Trinajstić information content (AvgIpc) is 3.05. The van der Waals surface area contributed by atoms with Crippen molar-refractivity contribution in [2.24, 2.45) is 5.92 Å². The summed E-state index contributed by atoms with van der Waals surface area (Å²) in [6, 6.07) is 6.96. The molecule has 2 fully saturated rings. The van der Waals surface area contributed by atoms with Gasteiger partial charge >= 0.3 is 0 Å². The van der Waals surface area contributed by atoms with Gasteiger partial charge in [0, 0.05) is 25.1 Å². The zero-order chi connectivity index (χ0) is 16.4. The summed E-state index contributed by atoms with van der Waals surface area (Å²) in [5.41, 5.74) is 1.12. The largest absolute Gasteiger partial charge is 0.393 e. The Labute approximate surface area is 138 Å². The van der Waals surface area contributed by atoms with E-state index in [1.165, 1.54) is 0 Å². The van der Waals surface area contributed by atoms with Gasteiger partial charge in [-0.25, -0.2) is 8.42 Å². The van der Waals surface area contributed by atoms with Crippen LogP contribution in [-0.2, 0) is 21.2 Å². The van der Waals surface area contributed by atoms with E-state index in [1.54, 1.807) is 16.4 Å². The Hall–Kier alpha value is -0.950. The molecule has 2 aliphatic rings. The zero-order valence-corrected chi connectivity index (χ0v) is 14.3. The van der Waals surface area contributed by atoms with Crippen LogP contribution in [0, 0.1) is 5.92 Å².